The van der Waals surface area contributed by atoms with E-state index in [4.69, 9.17) is 0 Å². The number of para-hydroxylation sites is 1. The van der Waals surface area contributed by atoms with Crippen molar-refractivity contribution < 1.29 is 0 Å². The molecule has 1 aromatic heterocycles. The number of rotatable bonds is 4. The van der Waals surface area contributed by atoms with Gasteiger partial charge in [0.25, 0.3) is 0 Å². The van der Waals surface area contributed by atoms with Crippen LogP contribution in [0.5, 0.6) is 0 Å². The number of nitrogens with one attached hydrogen (secondary N) is 1. The zero-order valence-electron chi connectivity index (χ0n) is 9.48. The van der Waals surface area contributed by atoms with Gasteiger partial charge >= 0.3 is 0 Å². The molecule has 0 fully saturated rings. The van der Waals surface area contributed by atoms with Gasteiger partial charge in [0, 0.05) is 17.1 Å². The van der Waals surface area contributed by atoms with Gasteiger partial charge in [0.1, 0.15) is 0 Å². The first-order valence-electron chi connectivity index (χ1n) is 5.56. The SMILES string of the molecule is CNCCC=Cc1cccc2cccnc12. The average molecular weight is 212 g/mol. The van der Waals surface area contributed by atoms with Crippen molar-refractivity contribution in [3.8, 4) is 0 Å². The van der Waals surface area contributed by atoms with Crippen molar-refractivity contribution in [3.05, 3.63) is 48.2 Å². The van der Waals surface area contributed by atoms with Crippen LogP contribution < -0.4 is 5.32 Å². The number of benzene rings is 1. The van der Waals surface area contributed by atoms with Crippen LogP contribution in [0.25, 0.3) is 17.0 Å². The van der Waals surface area contributed by atoms with Crippen LogP contribution in [-0.4, -0.2) is 18.6 Å². The molecule has 0 unspecified atom stereocenters. The van der Waals surface area contributed by atoms with Crippen molar-refractivity contribution in [3.63, 3.8) is 0 Å². The Kier molecular flexibility index (Phi) is 3.67. The van der Waals surface area contributed by atoms with Crippen molar-refractivity contribution in [1.29, 1.82) is 0 Å². The van der Waals surface area contributed by atoms with Gasteiger partial charge in [0.15, 0.2) is 0 Å². The lowest BCUT2D eigenvalue weighted by atomic mass is 10.1. The molecule has 2 heteroatoms. The zero-order valence-corrected chi connectivity index (χ0v) is 9.48. The molecule has 2 aromatic rings. The molecule has 0 spiro atoms. The third kappa shape index (κ3) is 2.47. The minimum absolute atomic E-state index is 1.01. The van der Waals surface area contributed by atoms with Gasteiger partial charge in [-0.2, -0.15) is 0 Å². The average Bonchev–Trinajstić information content (AvgIpc) is 2.35. The quantitative estimate of drug-likeness (QED) is 0.788. The van der Waals surface area contributed by atoms with Crippen molar-refractivity contribution in [2.45, 2.75) is 6.42 Å². The van der Waals surface area contributed by atoms with Crippen LogP contribution in [0.1, 0.15) is 12.0 Å². The Hall–Kier alpha value is -1.67. The fraction of sp³-hybridized carbons (Fsp3) is 0.214. The number of nitrogens with zero attached hydrogens (tertiary/aromatic N) is 1. The lowest BCUT2D eigenvalue weighted by Gasteiger charge is -2.00. The molecule has 0 radical (unpaired) electrons. The van der Waals surface area contributed by atoms with E-state index in [1.54, 1.807) is 0 Å². The maximum atomic E-state index is 4.41. The van der Waals surface area contributed by atoms with Crippen LogP contribution >= 0.6 is 0 Å². The highest BCUT2D eigenvalue weighted by Gasteiger charge is 1.96. The van der Waals surface area contributed by atoms with E-state index < -0.39 is 0 Å². The Morgan fingerprint density at radius 1 is 1.25 bits per heavy atom. The largest absolute Gasteiger partial charge is 0.319 e. The van der Waals surface area contributed by atoms with Gasteiger partial charge in [0.05, 0.1) is 5.52 Å². The summed E-state index contributed by atoms with van der Waals surface area (Å²) >= 11 is 0. The van der Waals surface area contributed by atoms with Crippen LogP contribution in [0.3, 0.4) is 0 Å². The summed E-state index contributed by atoms with van der Waals surface area (Å²) in [4.78, 5) is 4.41. The Morgan fingerprint density at radius 2 is 2.12 bits per heavy atom. The Balaban J connectivity index is 2.27. The van der Waals surface area contributed by atoms with Crippen LogP contribution in [-0.2, 0) is 0 Å². The summed E-state index contributed by atoms with van der Waals surface area (Å²) < 4.78 is 0. The molecule has 1 heterocycles. The molecule has 0 amide bonds. The minimum atomic E-state index is 1.01. The van der Waals surface area contributed by atoms with Crippen molar-refractivity contribution in [2.24, 2.45) is 0 Å². The lowest BCUT2D eigenvalue weighted by molar-refractivity contribution is 0.809. The van der Waals surface area contributed by atoms with E-state index in [1.165, 1.54) is 10.9 Å². The van der Waals surface area contributed by atoms with E-state index in [-0.39, 0.29) is 0 Å². The number of fused-ring (bicyclic) bond motifs is 1. The van der Waals surface area contributed by atoms with Gasteiger partial charge in [-0.25, -0.2) is 0 Å². The fourth-order valence-electron chi connectivity index (χ4n) is 1.70. The highest BCUT2D eigenvalue weighted by Crippen LogP contribution is 2.17. The van der Waals surface area contributed by atoms with E-state index in [0.717, 1.165) is 18.5 Å². The maximum absolute atomic E-state index is 4.41. The van der Waals surface area contributed by atoms with Gasteiger partial charge < -0.3 is 5.32 Å². The molecular weight excluding hydrogens is 196 g/mol. The van der Waals surface area contributed by atoms with Gasteiger partial charge in [0.2, 0.25) is 0 Å². The number of pyridine rings is 1. The monoisotopic (exact) mass is 212 g/mol. The van der Waals surface area contributed by atoms with Crippen molar-refractivity contribution in [2.75, 3.05) is 13.6 Å². The fourth-order valence-corrected chi connectivity index (χ4v) is 1.70. The third-order valence-corrected chi connectivity index (χ3v) is 2.52. The normalized spacial score (nSPS) is 11.3. The molecule has 0 aliphatic carbocycles. The molecule has 1 aromatic carbocycles. The van der Waals surface area contributed by atoms with E-state index in [1.807, 2.05) is 19.3 Å². The molecule has 1 N–H and O–H groups in total. The molecule has 82 valence electrons. The van der Waals surface area contributed by atoms with Crippen LogP contribution in [0.15, 0.2) is 42.6 Å². The number of hydrogen-bond acceptors (Lipinski definition) is 2. The summed E-state index contributed by atoms with van der Waals surface area (Å²) in [6.45, 7) is 1.01. The predicted octanol–water partition coefficient (Wildman–Crippen LogP) is 2.86. The molecule has 0 atom stereocenters. The zero-order chi connectivity index (χ0) is 11.2. The minimum Gasteiger partial charge on any atom is -0.319 e. The summed E-state index contributed by atoms with van der Waals surface area (Å²) in [6.07, 6.45) is 7.21. The second kappa shape index (κ2) is 5.42. The summed E-state index contributed by atoms with van der Waals surface area (Å²) in [7, 11) is 1.97. The second-order valence-corrected chi connectivity index (χ2v) is 3.72. The number of hydrogen-bond donors (Lipinski definition) is 1. The molecular formula is C14H16N2. The summed E-state index contributed by atoms with van der Waals surface area (Å²) in [5.41, 5.74) is 2.26. The van der Waals surface area contributed by atoms with Crippen LogP contribution in [0.4, 0.5) is 0 Å². The Morgan fingerprint density at radius 3 is 3.00 bits per heavy atom. The van der Waals surface area contributed by atoms with Crippen molar-refractivity contribution in [1.82, 2.24) is 10.3 Å². The topological polar surface area (TPSA) is 24.9 Å². The Labute approximate surface area is 96.0 Å². The van der Waals surface area contributed by atoms with E-state index in [2.05, 4.69) is 46.7 Å². The predicted molar refractivity (Wildman–Crippen MR) is 69.3 cm³/mol. The van der Waals surface area contributed by atoms with Crippen molar-refractivity contribution >= 4 is 17.0 Å². The molecule has 0 bridgehead atoms. The highest BCUT2D eigenvalue weighted by atomic mass is 14.8. The molecule has 0 saturated heterocycles. The molecule has 0 aliphatic rings. The van der Waals surface area contributed by atoms with Crippen LogP contribution in [0.2, 0.25) is 0 Å². The first-order valence-corrected chi connectivity index (χ1v) is 5.56. The first-order chi connectivity index (χ1) is 7.92. The number of aromatic nitrogens is 1. The molecule has 16 heavy (non-hydrogen) atoms. The Bertz CT molecular complexity index is 484. The molecule has 2 rings (SSSR count). The summed E-state index contributed by atoms with van der Waals surface area (Å²) in [6, 6.07) is 10.3. The smallest absolute Gasteiger partial charge is 0.0774 e. The summed E-state index contributed by atoms with van der Waals surface area (Å²) in [5, 5.41) is 4.32. The molecule has 2 nitrogen and oxygen atoms in total. The summed E-state index contributed by atoms with van der Waals surface area (Å²) in [5.74, 6) is 0. The highest BCUT2D eigenvalue weighted by molar-refractivity contribution is 5.86. The van der Waals surface area contributed by atoms with Gasteiger partial charge in [-0.15, -0.1) is 0 Å². The standard InChI is InChI=1S/C14H16N2/c1-15-10-3-2-6-12-7-4-8-13-9-5-11-16-14(12)13/h2,4-9,11,15H,3,10H2,1H3. The van der Waals surface area contributed by atoms with Crippen LogP contribution in [0, 0.1) is 0 Å². The van der Waals surface area contributed by atoms with Gasteiger partial charge in [-0.05, 0) is 26.1 Å². The molecule has 0 saturated carbocycles. The van der Waals surface area contributed by atoms with E-state index >= 15 is 0 Å². The third-order valence-electron chi connectivity index (χ3n) is 2.52. The second-order valence-electron chi connectivity index (χ2n) is 3.72. The molecule has 0 aliphatic heterocycles. The van der Waals surface area contributed by atoms with Gasteiger partial charge in [-0.3, -0.25) is 4.98 Å². The lowest BCUT2D eigenvalue weighted by Crippen LogP contribution is -2.05. The maximum Gasteiger partial charge on any atom is 0.0774 e. The van der Waals surface area contributed by atoms with E-state index in [9.17, 15) is 0 Å². The van der Waals surface area contributed by atoms with E-state index in [0.29, 0.717) is 0 Å². The first kappa shape index (κ1) is 10.8. The van der Waals surface area contributed by atoms with Gasteiger partial charge in [-0.1, -0.05) is 36.4 Å².